The number of benzene rings is 1. The van der Waals surface area contributed by atoms with Gasteiger partial charge in [0.1, 0.15) is 5.75 Å². The van der Waals surface area contributed by atoms with E-state index in [2.05, 4.69) is 10.1 Å². The number of carbonyl (C=O) groups is 1. The van der Waals surface area contributed by atoms with Gasteiger partial charge in [0.25, 0.3) is 0 Å². The Balaban J connectivity index is 2.44. The smallest absolute Gasteiger partial charge is 0.387 e. The van der Waals surface area contributed by atoms with Crippen LogP contribution in [0.2, 0.25) is 0 Å². The molecule has 1 aromatic rings. The highest BCUT2D eigenvalue weighted by atomic mass is 19.3. The summed E-state index contributed by atoms with van der Waals surface area (Å²) in [4.78, 5) is 11.5. The van der Waals surface area contributed by atoms with Crippen LogP contribution in [0.4, 0.5) is 8.78 Å². The monoisotopic (exact) mass is 272 g/mol. The molecule has 1 amide bonds. The van der Waals surface area contributed by atoms with E-state index >= 15 is 0 Å². The molecule has 0 atom stereocenters. The summed E-state index contributed by atoms with van der Waals surface area (Å²) in [6.45, 7) is 1.02. The van der Waals surface area contributed by atoms with E-state index in [0.717, 1.165) is 5.56 Å². The molecule has 19 heavy (non-hydrogen) atoms. The maximum absolute atomic E-state index is 11.9. The molecule has 6 heteroatoms. The number of nitrogens with one attached hydrogen (secondary N) is 1. The third kappa shape index (κ3) is 6.71. The van der Waals surface area contributed by atoms with Gasteiger partial charge in [-0.15, -0.1) is 0 Å². The third-order valence-corrected chi connectivity index (χ3v) is 2.25. The molecule has 0 aliphatic heterocycles. The lowest BCUT2D eigenvalue weighted by atomic mass is 10.0. The van der Waals surface area contributed by atoms with Crippen LogP contribution in [-0.2, 0) is 11.3 Å². The van der Waals surface area contributed by atoms with E-state index in [4.69, 9.17) is 5.73 Å². The third-order valence-electron chi connectivity index (χ3n) is 2.25. The van der Waals surface area contributed by atoms with Crippen molar-refractivity contribution in [2.24, 2.45) is 5.73 Å². The van der Waals surface area contributed by atoms with E-state index in [1.165, 1.54) is 12.1 Å². The van der Waals surface area contributed by atoms with Crippen molar-refractivity contribution >= 4 is 5.91 Å². The van der Waals surface area contributed by atoms with Crippen LogP contribution in [-0.4, -0.2) is 18.1 Å². The Hall–Kier alpha value is -1.69. The minimum absolute atomic E-state index is 0.0909. The minimum Gasteiger partial charge on any atom is -0.435 e. The molecule has 1 aromatic carbocycles. The topological polar surface area (TPSA) is 64.4 Å². The summed E-state index contributed by atoms with van der Waals surface area (Å²) in [6.07, 6.45) is 0.222. The lowest BCUT2D eigenvalue weighted by Crippen LogP contribution is -2.38. The van der Waals surface area contributed by atoms with E-state index in [1.54, 1.807) is 26.0 Å². The summed E-state index contributed by atoms with van der Waals surface area (Å²) in [5.74, 6) is -0.0615. The predicted molar refractivity (Wildman–Crippen MR) is 67.8 cm³/mol. The summed E-state index contributed by atoms with van der Waals surface area (Å²) in [7, 11) is 0. The molecule has 1 rings (SSSR count). The molecule has 106 valence electrons. The number of hydrogen-bond acceptors (Lipinski definition) is 3. The molecule has 0 aliphatic carbocycles. The second-order valence-corrected chi connectivity index (χ2v) is 4.96. The predicted octanol–water partition coefficient (Wildman–Crippen LogP) is 2.03. The molecule has 0 bridgehead atoms. The first-order valence-electron chi connectivity index (χ1n) is 5.85. The minimum atomic E-state index is -2.84. The van der Waals surface area contributed by atoms with Crippen LogP contribution in [0.3, 0.4) is 0 Å². The average molecular weight is 272 g/mol. The quantitative estimate of drug-likeness (QED) is 0.832. The number of ether oxygens (including phenoxy) is 1. The van der Waals surface area contributed by atoms with Gasteiger partial charge in [0.2, 0.25) is 5.91 Å². The highest BCUT2D eigenvalue weighted by Crippen LogP contribution is 2.14. The SMILES string of the molecule is CC(C)(N)CC(=O)NCc1ccc(OC(F)F)cc1. The van der Waals surface area contributed by atoms with Crippen LogP contribution >= 0.6 is 0 Å². The summed E-state index contributed by atoms with van der Waals surface area (Å²) in [6, 6.07) is 6.10. The largest absolute Gasteiger partial charge is 0.435 e. The second kappa shape index (κ2) is 6.47. The van der Waals surface area contributed by atoms with E-state index in [0.29, 0.717) is 6.54 Å². The molecular formula is C13H18F2N2O2. The van der Waals surface area contributed by atoms with Crippen molar-refractivity contribution in [3.05, 3.63) is 29.8 Å². The van der Waals surface area contributed by atoms with Crippen molar-refractivity contribution in [2.75, 3.05) is 0 Å². The number of rotatable bonds is 6. The first-order chi connectivity index (χ1) is 8.76. The standard InChI is InChI=1S/C13H18F2N2O2/c1-13(2,16)7-11(18)17-8-9-3-5-10(6-4-9)19-12(14)15/h3-6,12H,7-8,16H2,1-2H3,(H,17,18). The Morgan fingerprint density at radius 2 is 1.95 bits per heavy atom. The highest BCUT2D eigenvalue weighted by molar-refractivity contribution is 5.77. The maximum Gasteiger partial charge on any atom is 0.387 e. The van der Waals surface area contributed by atoms with Crippen LogP contribution in [0.15, 0.2) is 24.3 Å². The Bertz CT molecular complexity index is 414. The zero-order valence-corrected chi connectivity index (χ0v) is 11.0. The number of amides is 1. The van der Waals surface area contributed by atoms with Gasteiger partial charge < -0.3 is 15.8 Å². The number of nitrogens with two attached hydrogens (primary N) is 1. The molecule has 0 fully saturated rings. The van der Waals surface area contributed by atoms with E-state index in [9.17, 15) is 13.6 Å². The van der Waals surface area contributed by atoms with Crippen molar-refractivity contribution in [3.8, 4) is 5.75 Å². The molecule has 3 N–H and O–H groups in total. The van der Waals surface area contributed by atoms with Gasteiger partial charge in [-0.05, 0) is 31.5 Å². The van der Waals surface area contributed by atoms with E-state index in [-0.39, 0.29) is 18.1 Å². The van der Waals surface area contributed by atoms with Crippen LogP contribution in [0.25, 0.3) is 0 Å². The zero-order valence-electron chi connectivity index (χ0n) is 11.0. The lowest BCUT2D eigenvalue weighted by Gasteiger charge is -2.17. The zero-order chi connectivity index (χ0) is 14.5. The molecule has 0 saturated carbocycles. The molecule has 0 radical (unpaired) electrons. The summed E-state index contributed by atoms with van der Waals surface area (Å²) >= 11 is 0. The normalized spacial score (nSPS) is 11.5. The average Bonchev–Trinajstić information content (AvgIpc) is 2.25. The van der Waals surface area contributed by atoms with Crippen molar-refractivity contribution in [1.82, 2.24) is 5.32 Å². The molecule has 4 nitrogen and oxygen atoms in total. The van der Waals surface area contributed by atoms with Gasteiger partial charge >= 0.3 is 6.61 Å². The van der Waals surface area contributed by atoms with Crippen molar-refractivity contribution in [3.63, 3.8) is 0 Å². The summed E-state index contributed by atoms with van der Waals surface area (Å²) in [5, 5.41) is 2.71. The summed E-state index contributed by atoms with van der Waals surface area (Å²) in [5.41, 5.74) is 5.96. The highest BCUT2D eigenvalue weighted by Gasteiger charge is 2.15. The van der Waals surface area contributed by atoms with Crippen LogP contribution in [0.1, 0.15) is 25.8 Å². The molecule has 0 heterocycles. The Labute approximate surface area is 110 Å². The Kier molecular flexibility index (Phi) is 5.23. The van der Waals surface area contributed by atoms with Gasteiger partial charge in [0.05, 0.1) is 0 Å². The molecule has 0 saturated heterocycles. The molecule has 0 aromatic heterocycles. The van der Waals surface area contributed by atoms with Gasteiger partial charge in [-0.3, -0.25) is 4.79 Å². The molecule has 0 unspecified atom stereocenters. The van der Waals surface area contributed by atoms with Crippen molar-refractivity contribution in [2.45, 2.75) is 39.0 Å². The number of halogens is 2. The maximum atomic E-state index is 11.9. The Morgan fingerprint density at radius 1 is 1.37 bits per heavy atom. The van der Waals surface area contributed by atoms with Crippen LogP contribution < -0.4 is 15.8 Å². The van der Waals surface area contributed by atoms with Gasteiger partial charge in [-0.25, -0.2) is 0 Å². The fourth-order valence-electron chi connectivity index (χ4n) is 1.47. The second-order valence-electron chi connectivity index (χ2n) is 4.96. The first-order valence-corrected chi connectivity index (χ1v) is 5.85. The molecular weight excluding hydrogens is 254 g/mol. The van der Waals surface area contributed by atoms with Gasteiger partial charge in [0, 0.05) is 18.5 Å². The summed E-state index contributed by atoms with van der Waals surface area (Å²) < 4.78 is 28.1. The van der Waals surface area contributed by atoms with E-state index < -0.39 is 12.2 Å². The van der Waals surface area contributed by atoms with Crippen molar-refractivity contribution < 1.29 is 18.3 Å². The van der Waals surface area contributed by atoms with Crippen LogP contribution in [0, 0.1) is 0 Å². The first kappa shape index (κ1) is 15.4. The van der Waals surface area contributed by atoms with Gasteiger partial charge in [-0.2, -0.15) is 8.78 Å². The van der Waals surface area contributed by atoms with Gasteiger partial charge in [0.15, 0.2) is 0 Å². The fraction of sp³-hybridized carbons (Fsp3) is 0.462. The van der Waals surface area contributed by atoms with E-state index in [1.807, 2.05) is 0 Å². The number of alkyl halides is 2. The number of hydrogen-bond donors (Lipinski definition) is 2. The molecule has 0 spiro atoms. The van der Waals surface area contributed by atoms with Crippen LogP contribution in [0.5, 0.6) is 5.75 Å². The van der Waals surface area contributed by atoms with Gasteiger partial charge in [-0.1, -0.05) is 12.1 Å². The lowest BCUT2D eigenvalue weighted by molar-refractivity contribution is -0.122. The van der Waals surface area contributed by atoms with Crippen molar-refractivity contribution in [1.29, 1.82) is 0 Å². The number of carbonyl (C=O) groups excluding carboxylic acids is 1. The Morgan fingerprint density at radius 3 is 2.42 bits per heavy atom. The fourth-order valence-corrected chi connectivity index (χ4v) is 1.47. The molecule has 0 aliphatic rings.